The van der Waals surface area contributed by atoms with Crippen molar-refractivity contribution in [3.8, 4) is 0 Å². The van der Waals surface area contributed by atoms with Gasteiger partial charge in [-0.25, -0.2) is 13.6 Å². The molecule has 0 bridgehead atoms. The van der Waals surface area contributed by atoms with Crippen molar-refractivity contribution < 1.29 is 23.1 Å². The number of hydrogen-bond acceptors (Lipinski definition) is 3. The third-order valence-corrected chi connectivity index (χ3v) is 3.46. The molecule has 0 aliphatic heterocycles. The third-order valence-electron chi connectivity index (χ3n) is 3.46. The first kappa shape index (κ1) is 17.6. The van der Waals surface area contributed by atoms with Gasteiger partial charge < -0.3 is 10.1 Å². The van der Waals surface area contributed by atoms with Crippen LogP contribution in [0.5, 0.6) is 0 Å². The van der Waals surface area contributed by atoms with E-state index in [4.69, 9.17) is 4.74 Å². The van der Waals surface area contributed by atoms with E-state index in [0.29, 0.717) is 19.0 Å². The van der Waals surface area contributed by atoms with Crippen LogP contribution in [0.1, 0.15) is 21.5 Å². The SMILES string of the molecule is Cc1ccccc1CCNC(=O)COC(=O)c1ccc(F)cc1F. The van der Waals surface area contributed by atoms with Gasteiger partial charge in [0.05, 0.1) is 5.56 Å². The molecule has 2 aromatic carbocycles. The number of carbonyl (C=O) groups is 2. The number of carbonyl (C=O) groups excluding carboxylic acids is 2. The molecule has 1 amide bonds. The molecule has 24 heavy (non-hydrogen) atoms. The smallest absolute Gasteiger partial charge is 0.341 e. The quantitative estimate of drug-likeness (QED) is 0.827. The van der Waals surface area contributed by atoms with Crippen molar-refractivity contribution in [2.75, 3.05) is 13.2 Å². The lowest BCUT2D eigenvalue weighted by Crippen LogP contribution is -2.30. The fourth-order valence-corrected chi connectivity index (χ4v) is 2.14. The van der Waals surface area contributed by atoms with Gasteiger partial charge in [-0.05, 0) is 36.6 Å². The zero-order valence-electron chi connectivity index (χ0n) is 13.1. The van der Waals surface area contributed by atoms with Gasteiger partial charge >= 0.3 is 5.97 Å². The number of nitrogens with one attached hydrogen (secondary N) is 1. The molecule has 0 aromatic heterocycles. The van der Waals surface area contributed by atoms with Crippen molar-refractivity contribution in [2.45, 2.75) is 13.3 Å². The summed E-state index contributed by atoms with van der Waals surface area (Å²) in [5.74, 6) is -3.32. The maximum atomic E-state index is 13.4. The minimum Gasteiger partial charge on any atom is -0.452 e. The Morgan fingerprint density at radius 3 is 2.58 bits per heavy atom. The summed E-state index contributed by atoms with van der Waals surface area (Å²) in [6, 6.07) is 10.3. The summed E-state index contributed by atoms with van der Waals surface area (Å²) in [5, 5.41) is 2.62. The predicted octanol–water partition coefficient (Wildman–Crippen LogP) is 2.79. The summed E-state index contributed by atoms with van der Waals surface area (Å²) < 4.78 is 30.9. The molecule has 4 nitrogen and oxygen atoms in total. The summed E-state index contributed by atoms with van der Waals surface area (Å²) in [5.41, 5.74) is 1.83. The van der Waals surface area contributed by atoms with Crippen molar-refractivity contribution in [1.29, 1.82) is 0 Å². The van der Waals surface area contributed by atoms with Crippen molar-refractivity contribution in [3.63, 3.8) is 0 Å². The Balaban J connectivity index is 1.77. The first-order valence-electron chi connectivity index (χ1n) is 7.41. The van der Waals surface area contributed by atoms with E-state index < -0.39 is 35.7 Å². The zero-order chi connectivity index (χ0) is 17.5. The van der Waals surface area contributed by atoms with Gasteiger partial charge in [0.25, 0.3) is 5.91 Å². The average Bonchev–Trinajstić information content (AvgIpc) is 2.54. The number of aryl methyl sites for hydroxylation is 1. The molecule has 0 fully saturated rings. The molecule has 1 N–H and O–H groups in total. The Morgan fingerprint density at radius 2 is 1.88 bits per heavy atom. The molecule has 126 valence electrons. The number of hydrogen-bond donors (Lipinski definition) is 1. The van der Waals surface area contributed by atoms with Gasteiger partial charge in [-0.3, -0.25) is 4.79 Å². The summed E-state index contributed by atoms with van der Waals surface area (Å²) in [7, 11) is 0. The Hall–Kier alpha value is -2.76. The number of rotatable bonds is 6. The fraction of sp³-hybridized carbons (Fsp3) is 0.222. The maximum Gasteiger partial charge on any atom is 0.341 e. The topological polar surface area (TPSA) is 55.4 Å². The van der Waals surface area contributed by atoms with Crippen LogP contribution in [0.2, 0.25) is 0 Å². The molecule has 0 aliphatic carbocycles. The molecule has 0 spiro atoms. The normalized spacial score (nSPS) is 10.3. The number of halogens is 2. The number of amides is 1. The molecule has 2 rings (SSSR count). The molecule has 2 aromatic rings. The van der Waals surface area contributed by atoms with Crippen LogP contribution in [0.3, 0.4) is 0 Å². The summed E-state index contributed by atoms with van der Waals surface area (Å²) in [4.78, 5) is 23.3. The monoisotopic (exact) mass is 333 g/mol. The van der Waals surface area contributed by atoms with Crippen molar-refractivity contribution >= 4 is 11.9 Å². The zero-order valence-corrected chi connectivity index (χ0v) is 13.1. The number of esters is 1. The molecular formula is C18H17F2NO3. The van der Waals surface area contributed by atoms with Crippen LogP contribution < -0.4 is 5.32 Å². The highest BCUT2D eigenvalue weighted by atomic mass is 19.1. The second-order valence-electron chi connectivity index (χ2n) is 5.23. The third kappa shape index (κ3) is 4.87. The molecule has 0 unspecified atom stereocenters. The van der Waals surface area contributed by atoms with Crippen LogP contribution in [0.4, 0.5) is 8.78 Å². The molecule has 0 atom stereocenters. The van der Waals surface area contributed by atoms with Crippen molar-refractivity contribution in [1.82, 2.24) is 5.32 Å². The molecule has 6 heteroatoms. The predicted molar refractivity (Wildman–Crippen MR) is 84.5 cm³/mol. The van der Waals surface area contributed by atoms with E-state index in [1.807, 2.05) is 31.2 Å². The molecule has 0 saturated carbocycles. The highest BCUT2D eigenvalue weighted by molar-refractivity contribution is 5.91. The van der Waals surface area contributed by atoms with Gasteiger partial charge in [-0.2, -0.15) is 0 Å². The lowest BCUT2D eigenvalue weighted by Gasteiger charge is -2.08. The summed E-state index contributed by atoms with van der Waals surface area (Å²) in [6.07, 6.45) is 0.652. The molecule has 0 radical (unpaired) electrons. The van der Waals surface area contributed by atoms with Crippen LogP contribution in [-0.2, 0) is 16.0 Å². The van der Waals surface area contributed by atoms with E-state index >= 15 is 0 Å². The lowest BCUT2D eigenvalue weighted by atomic mass is 10.1. The number of ether oxygens (including phenoxy) is 1. The molecule has 0 aliphatic rings. The average molecular weight is 333 g/mol. The van der Waals surface area contributed by atoms with E-state index in [1.165, 1.54) is 0 Å². The van der Waals surface area contributed by atoms with Crippen LogP contribution >= 0.6 is 0 Å². The van der Waals surface area contributed by atoms with Gasteiger partial charge in [0.15, 0.2) is 6.61 Å². The maximum absolute atomic E-state index is 13.4. The lowest BCUT2D eigenvalue weighted by molar-refractivity contribution is -0.124. The van der Waals surface area contributed by atoms with Crippen molar-refractivity contribution in [3.05, 3.63) is 70.8 Å². The second kappa shape index (κ2) is 8.19. The Kier molecular flexibility index (Phi) is 6.01. The van der Waals surface area contributed by atoms with Crippen LogP contribution in [0.25, 0.3) is 0 Å². The number of benzene rings is 2. The summed E-state index contributed by atoms with van der Waals surface area (Å²) >= 11 is 0. The van der Waals surface area contributed by atoms with Gasteiger partial charge in [-0.1, -0.05) is 24.3 Å². The minimum absolute atomic E-state index is 0.395. The Morgan fingerprint density at radius 1 is 1.12 bits per heavy atom. The minimum atomic E-state index is -1.03. The Labute approximate surface area is 138 Å². The summed E-state index contributed by atoms with van der Waals surface area (Å²) in [6.45, 7) is 1.85. The molecule has 0 saturated heterocycles. The Bertz CT molecular complexity index is 747. The van der Waals surface area contributed by atoms with Gasteiger partial charge in [0, 0.05) is 12.6 Å². The van der Waals surface area contributed by atoms with Gasteiger partial charge in [0.1, 0.15) is 11.6 Å². The van der Waals surface area contributed by atoms with E-state index in [0.717, 1.165) is 23.3 Å². The van der Waals surface area contributed by atoms with Crippen LogP contribution in [-0.4, -0.2) is 25.0 Å². The van der Waals surface area contributed by atoms with Crippen molar-refractivity contribution in [2.24, 2.45) is 0 Å². The largest absolute Gasteiger partial charge is 0.452 e. The van der Waals surface area contributed by atoms with E-state index in [2.05, 4.69) is 5.32 Å². The van der Waals surface area contributed by atoms with Gasteiger partial charge in [0.2, 0.25) is 0 Å². The van der Waals surface area contributed by atoms with E-state index in [9.17, 15) is 18.4 Å². The fourth-order valence-electron chi connectivity index (χ4n) is 2.14. The first-order chi connectivity index (χ1) is 11.5. The first-order valence-corrected chi connectivity index (χ1v) is 7.41. The van der Waals surface area contributed by atoms with E-state index in [-0.39, 0.29) is 0 Å². The highest BCUT2D eigenvalue weighted by Crippen LogP contribution is 2.10. The van der Waals surface area contributed by atoms with E-state index in [1.54, 1.807) is 0 Å². The van der Waals surface area contributed by atoms with Crippen LogP contribution in [0.15, 0.2) is 42.5 Å². The van der Waals surface area contributed by atoms with Crippen LogP contribution in [0, 0.1) is 18.6 Å². The second-order valence-corrected chi connectivity index (χ2v) is 5.23. The molecular weight excluding hydrogens is 316 g/mol. The van der Waals surface area contributed by atoms with Gasteiger partial charge in [-0.15, -0.1) is 0 Å². The molecule has 0 heterocycles. The standard InChI is InChI=1S/C18H17F2NO3/c1-12-4-2-3-5-13(12)8-9-21-17(22)11-24-18(23)15-7-6-14(19)10-16(15)20/h2-7,10H,8-9,11H2,1H3,(H,21,22). The highest BCUT2D eigenvalue weighted by Gasteiger charge is 2.15.